The van der Waals surface area contributed by atoms with E-state index in [0.717, 1.165) is 25.5 Å². The summed E-state index contributed by atoms with van der Waals surface area (Å²) in [4.78, 5) is 12.9. The highest BCUT2D eigenvalue weighted by Crippen LogP contribution is 2.34. The van der Waals surface area contributed by atoms with Crippen molar-refractivity contribution in [1.82, 2.24) is 0 Å². The molecule has 0 saturated heterocycles. The van der Waals surface area contributed by atoms with E-state index in [1.54, 1.807) is 0 Å². The molecular formula is C14H20N2O. The maximum Gasteiger partial charge on any atom is 0.136 e. The minimum atomic E-state index is -0.338. The summed E-state index contributed by atoms with van der Waals surface area (Å²) in [5.41, 5.74) is 9.72. The molecule has 2 N–H and O–H groups in total. The van der Waals surface area contributed by atoms with Crippen LogP contribution in [0.5, 0.6) is 0 Å². The fraction of sp³-hybridized carbons (Fsp3) is 0.500. The summed E-state index contributed by atoms with van der Waals surface area (Å²) >= 11 is 0. The molecule has 1 aliphatic heterocycles. The van der Waals surface area contributed by atoms with Crippen LogP contribution in [-0.4, -0.2) is 25.4 Å². The summed E-state index contributed by atoms with van der Waals surface area (Å²) < 4.78 is 0. The van der Waals surface area contributed by atoms with Gasteiger partial charge in [-0.1, -0.05) is 18.2 Å². The average Bonchev–Trinajstić information content (AvgIpc) is 2.63. The molecule has 1 aromatic carbocycles. The molecule has 1 aromatic rings. The lowest BCUT2D eigenvalue weighted by Crippen LogP contribution is -2.25. The molecule has 3 heteroatoms. The second-order valence-electron chi connectivity index (χ2n) is 4.93. The van der Waals surface area contributed by atoms with Gasteiger partial charge in [0.1, 0.15) is 6.29 Å². The van der Waals surface area contributed by atoms with Crippen molar-refractivity contribution in [3.05, 3.63) is 29.3 Å². The van der Waals surface area contributed by atoms with Gasteiger partial charge >= 0.3 is 0 Å². The van der Waals surface area contributed by atoms with Crippen LogP contribution in [0.15, 0.2) is 18.2 Å². The van der Waals surface area contributed by atoms with Gasteiger partial charge in [-0.05, 0) is 37.3 Å². The van der Waals surface area contributed by atoms with Crippen LogP contribution in [-0.2, 0) is 17.6 Å². The zero-order valence-corrected chi connectivity index (χ0v) is 10.5. The molecule has 2 atom stereocenters. The second-order valence-corrected chi connectivity index (χ2v) is 4.93. The summed E-state index contributed by atoms with van der Waals surface area (Å²) in [5.74, 6) is 0. The Morgan fingerprint density at radius 2 is 2.35 bits per heavy atom. The second kappa shape index (κ2) is 4.88. The van der Waals surface area contributed by atoms with Crippen molar-refractivity contribution in [2.24, 2.45) is 5.73 Å². The SMILES string of the molecule is CC1Cc2cccc(CCC(N)C=O)c2N1C. The number of nitrogens with two attached hydrogens (primary N) is 1. The molecule has 0 amide bonds. The van der Waals surface area contributed by atoms with Gasteiger partial charge in [-0.15, -0.1) is 0 Å². The van der Waals surface area contributed by atoms with Crippen molar-refractivity contribution in [3.63, 3.8) is 0 Å². The maximum absolute atomic E-state index is 10.5. The molecule has 0 spiro atoms. The highest BCUT2D eigenvalue weighted by Gasteiger charge is 2.24. The first-order chi connectivity index (χ1) is 8.13. The lowest BCUT2D eigenvalue weighted by atomic mass is 10.0. The van der Waals surface area contributed by atoms with E-state index in [1.165, 1.54) is 16.8 Å². The number of hydrogen-bond donors (Lipinski definition) is 1. The zero-order chi connectivity index (χ0) is 12.4. The molecule has 2 rings (SSSR count). The minimum absolute atomic E-state index is 0.338. The first-order valence-corrected chi connectivity index (χ1v) is 6.18. The van der Waals surface area contributed by atoms with Gasteiger partial charge in [0.25, 0.3) is 0 Å². The largest absolute Gasteiger partial charge is 0.371 e. The van der Waals surface area contributed by atoms with Gasteiger partial charge in [-0.2, -0.15) is 0 Å². The van der Waals surface area contributed by atoms with Gasteiger partial charge < -0.3 is 15.4 Å². The van der Waals surface area contributed by atoms with Crippen LogP contribution < -0.4 is 10.6 Å². The number of anilines is 1. The molecule has 3 nitrogen and oxygen atoms in total. The van der Waals surface area contributed by atoms with Crippen molar-refractivity contribution in [2.75, 3.05) is 11.9 Å². The van der Waals surface area contributed by atoms with Gasteiger partial charge in [-0.3, -0.25) is 0 Å². The van der Waals surface area contributed by atoms with E-state index in [1.807, 2.05) is 0 Å². The lowest BCUT2D eigenvalue weighted by Gasteiger charge is -2.21. The molecule has 2 unspecified atom stereocenters. The number of aryl methyl sites for hydroxylation is 1. The van der Waals surface area contributed by atoms with Gasteiger partial charge in [0.05, 0.1) is 6.04 Å². The predicted octanol–water partition coefficient (Wildman–Crippen LogP) is 1.53. The monoisotopic (exact) mass is 232 g/mol. The van der Waals surface area contributed by atoms with Gasteiger partial charge in [-0.25, -0.2) is 0 Å². The van der Waals surface area contributed by atoms with Crippen molar-refractivity contribution >= 4 is 12.0 Å². The Labute approximate surface area is 103 Å². The summed E-state index contributed by atoms with van der Waals surface area (Å²) in [6.45, 7) is 2.24. The molecule has 92 valence electrons. The van der Waals surface area contributed by atoms with E-state index in [2.05, 4.69) is 37.1 Å². The van der Waals surface area contributed by atoms with Crippen molar-refractivity contribution in [2.45, 2.75) is 38.3 Å². The number of fused-ring (bicyclic) bond motifs is 1. The first-order valence-electron chi connectivity index (χ1n) is 6.18. The number of aldehydes is 1. The zero-order valence-electron chi connectivity index (χ0n) is 10.5. The van der Waals surface area contributed by atoms with Crippen LogP contribution in [0.4, 0.5) is 5.69 Å². The molecule has 1 heterocycles. The predicted molar refractivity (Wildman–Crippen MR) is 70.4 cm³/mol. The lowest BCUT2D eigenvalue weighted by molar-refractivity contribution is -0.109. The van der Waals surface area contributed by atoms with E-state index in [4.69, 9.17) is 5.73 Å². The van der Waals surface area contributed by atoms with Gasteiger partial charge in [0.15, 0.2) is 0 Å². The van der Waals surface area contributed by atoms with E-state index in [-0.39, 0.29) is 6.04 Å². The maximum atomic E-state index is 10.5. The van der Waals surface area contributed by atoms with Crippen molar-refractivity contribution in [1.29, 1.82) is 0 Å². The number of hydrogen-bond acceptors (Lipinski definition) is 3. The number of para-hydroxylation sites is 1. The molecule has 0 bridgehead atoms. The summed E-state index contributed by atoms with van der Waals surface area (Å²) in [7, 11) is 2.14. The van der Waals surface area contributed by atoms with Crippen molar-refractivity contribution < 1.29 is 4.79 Å². The van der Waals surface area contributed by atoms with E-state index in [0.29, 0.717) is 6.04 Å². The fourth-order valence-electron chi connectivity index (χ4n) is 2.53. The molecule has 17 heavy (non-hydrogen) atoms. The molecule has 0 aliphatic carbocycles. The Bertz CT molecular complexity index is 417. The van der Waals surface area contributed by atoms with Crippen LogP contribution in [0.1, 0.15) is 24.5 Å². The van der Waals surface area contributed by atoms with E-state index in [9.17, 15) is 4.79 Å². The Kier molecular flexibility index (Phi) is 3.48. The highest BCUT2D eigenvalue weighted by atomic mass is 16.1. The Morgan fingerprint density at radius 1 is 1.59 bits per heavy atom. The molecule has 0 fully saturated rings. The third-order valence-corrected chi connectivity index (χ3v) is 3.65. The van der Waals surface area contributed by atoms with E-state index < -0.39 is 0 Å². The first kappa shape index (κ1) is 12.1. The third-order valence-electron chi connectivity index (χ3n) is 3.65. The standard InChI is InChI=1S/C14H20N2O/c1-10-8-12-5-3-4-11(14(12)16(10)2)6-7-13(15)9-17/h3-5,9-10,13H,6-8,15H2,1-2H3. The average molecular weight is 232 g/mol. The fourth-order valence-corrected chi connectivity index (χ4v) is 2.53. The van der Waals surface area contributed by atoms with Gasteiger partial charge in [0, 0.05) is 18.8 Å². The number of nitrogens with zero attached hydrogens (tertiary/aromatic N) is 1. The van der Waals surface area contributed by atoms with Gasteiger partial charge in [0.2, 0.25) is 0 Å². The Morgan fingerprint density at radius 3 is 3.06 bits per heavy atom. The number of rotatable bonds is 4. The number of likely N-dealkylation sites (N-methyl/N-ethyl adjacent to an activating group) is 1. The van der Waals surface area contributed by atoms with E-state index >= 15 is 0 Å². The van der Waals surface area contributed by atoms with Crippen LogP contribution in [0, 0.1) is 0 Å². The summed E-state index contributed by atoms with van der Waals surface area (Å²) in [6.07, 6.45) is 3.54. The quantitative estimate of drug-likeness (QED) is 0.801. The highest BCUT2D eigenvalue weighted by molar-refractivity contribution is 5.64. The van der Waals surface area contributed by atoms with Crippen LogP contribution in [0.3, 0.4) is 0 Å². The number of carbonyl (C=O) groups excluding carboxylic acids is 1. The minimum Gasteiger partial charge on any atom is -0.371 e. The molecule has 1 aliphatic rings. The normalized spacial score (nSPS) is 20.2. The Balaban J connectivity index is 2.19. The van der Waals surface area contributed by atoms with Crippen LogP contribution in [0.25, 0.3) is 0 Å². The third kappa shape index (κ3) is 2.34. The Hall–Kier alpha value is -1.35. The molecule has 0 radical (unpaired) electrons. The number of carbonyl (C=O) groups is 1. The number of benzene rings is 1. The smallest absolute Gasteiger partial charge is 0.136 e. The summed E-state index contributed by atoms with van der Waals surface area (Å²) in [6, 6.07) is 6.66. The van der Waals surface area contributed by atoms with Crippen LogP contribution in [0.2, 0.25) is 0 Å². The molecule has 0 saturated carbocycles. The topological polar surface area (TPSA) is 46.3 Å². The van der Waals surface area contributed by atoms with Crippen LogP contribution >= 0.6 is 0 Å². The molecular weight excluding hydrogens is 212 g/mol. The molecule has 0 aromatic heterocycles. The van der Waals surface area contributed by atoms with Crippen molar-refractivity contribution in [3.8, 4) is 0 Å². The summed E-state index contributed by atoms with van der Waals surface area (Å²) in [5, 5.41) is 0.